The number of anilines is 1. The Labute approximate surface area is 198 Å². The molecule has 1 fully saturated rings. The molecule has 1 aromatic heterocycles. The number of alkyl carbamates (subject to hydrolysis) is 1. The molecule has 1 saturated heterocycles. The highest BCUT2D eigenvalue weighted by atomic mass is 79.9. The zero-order valence-corrected chi connectivity index (χ0v) is 19.9. The van der Waals surface area contributed by atoms with Gasteiger partial charge in [0.15, 0.2) is 0 Å². The van der Waals surface area contributed by atoms with Crippen molar-refractivity contribution in [2.75, 3.05) is 18.5 Å². The number of pyridine rings is 1. The molecule has 3 rings (SSSR count). The average Bonchev–Trinajstić information content (AvgIpc) is 2.73. The third-order valence-corrected chi connectivity index (χ3v) is 5.17. The molecule has 0 radical (unpaired) electrons. The monoisotopic (exact) mass is 526 g/mol. The quantitative estimate of drug-likeness (QED) is 0.543. The van der Waals surface area contributed by atoms with E-state index in [0.29, 0.717) is 5.69 Å². The van der Waals surface area contributed by atoms with Crippen LogP contribution in [0.5, 0.6) is 0 Å². The molecule has 11 heteroatoms. The van der Waals surface area contributed by atoms with Crippen LogP contribution in [-0.4, -0.2) is 48.4 Å². The standard InChI is InChI=1S/C22H25BrF2N4O4/c1-21(2,3)33-20(31)28-17-11-32-12-22(29-17,19(24)25)13-5-4-6-15(9-13)27-18(30)16-8-7-14(23)10-26-16/h4-10,17,19,29H,11-12H2,1-3H3,(H,27,30)(H,28,31). The molecule has 1 aromatic carbocycles. The Hall–Kier alpha value is -2.63. The minimum absolute atomic E-state index is 0.0145. The van der Waals surface area contributed by atoms with Gasteiger partial charge in [0.2, 0.25) is 0 Å². The summed E-state index contributed by atoms with van der Waals surface area (Å²) in [4.78, 5) is 28.6. The SMILES string of the molecule is CC(C)(C)OC(=O)NC1COCC(c2cccc(NC(=O)c3ccc(Br)cn3)c2)(C(F)F)N1. The first-order valence-electron chi connectivity index (χ1n) is 10.1. The fraction of sp³-hybridized carbons (Fsp3) is 0.409. The molecule has 1 aliphatic rings. The molecule has 33 heavy (non-hydrogen) atoms. The maximum absolute atomic E-state index is 14.4. The van der Waals surface area contributed by atoms with Crippen molar-refractivity contribution < 1.29 is 27.8 Å². The second-order valence-electron chi connectivity index (χ2n) is 8.53. The Morgan fingerprint density at radius 1 is 1.30 bits per heavy atom. The number of benzene rings is 1. The number of hydrogen-bond acceptors (Lipinski definition) is 6. The number of ether oxygens (including phenoxy) is 2. The number of amides is 2. The average molecular weight is 527 g/mol. The summed E-state index contributed by atoms with van der Waals surface area (Å²) in [6.45, 7) is 4.75. The Balaban J connectivity index is 1.79. The van der Waals surface area contributed by atoms with E-state index in [2.05, 4.69) is 36.9 Å². The highest BCUT2D eigenvalue weighted by Crippen LogP contribution is 2.33. The van der Waals surface area contributed by atoms with Crippen LogP contribution in [-0.2, 0) is 15.0 Å². The molecule has 2 amide bonds. The molecular formula is C22H25BrF2N4O4. The highest BCUT2D eigenvalue weighted by molar-refractivity contribution is 9.10. The summed E-state index contributed by atoms with van der Waals surface area (Å²) in [5, 5.41) is 7.98. The van der Waals surface area contributed by atoms with Crippen molar-refractivity contribution in [2.24, 2.45) is 0 Å². The summed E-state index contributed by atoms with van der Waals surface area (Å²) in [5.74, 6) is -0.483. The highest BCUT2D eigenvalue weighted by Gasteiger charge is 2.47. The number of rotatable bonds is 5. The molecule has 178 valence electrons. The van der Waals surface area contributed by atoms with Crippen molar-refractivity contribution in [3.8, 4) is 0 Å². The van der Waals surface area contributed by atoms with Crippen LogP contribution in [0.3, 0.4) is 0 Å². The molecular weight excluding hydrogens is 502 g/mol. The van der Waals surface area contributed by atoms with Gasteiger partial charge in [-0.2, -0.15) is 0 Å². The molecule has 1 aliphatic heterocycles. The van der Waals surface area contributed by atoms with Crippen LogP contribution in [0.2, 0.25) is 0 Å². The normalized spacial score (nSPS) is 20.9. The van der Waals surface area contributed by atoms with Crippen molar-refractivity contribution in [3.05, 3.63) is 58.3 Å². The molecule has 8 nitrogen and oxygen atoms in total. The van der Waals surface area contributed by atoms with Gasteiger partial charge >= 0.3 is 6.09 Å². The van der Waals surface area contributed by atoms with Crippen LogP contribution < -0.4 is 16.0 Å². The fourth-order valence-electron chi connectivity index (χ4n) is 3.26. The molecule has 0 saturated carbocycles. The number of carbonyl (C=O) groups is 2. The maximum Gasteiger partial charge on any atom is 0.408 e. The lowest BCUT2D eigenvalue weighted by Crippen LogP contribution is -2.65. The number of nitrogens with zero attached hydrogens (tertiary/aromatic N) is 1. The van der Waals surface area contributed by atoms with E-state index in [1.165, 1.54) is 24.4 Å². The van der Waals surface area contributed by atoms with Gasteiger partial charge in [-0.05, 0) is 66.5 Å². The summed E-state index contributed by atoms with van der Waals surface area (Å²) >= 11 is 3.25. The number of hydrogen-bond donors (Lipinski definition) is 3. The zero-order valence-electron chi connectivity index (χ0n) is 18.3. The number of nitrogens with one attached hydrogen (secondary N) is 3. The van der Waals surface area contributed by atoms with Crippen LogP contribution in [0.25, 0.3) is 0 Å². The van der Waals surface area contributed by atoms with E-state index in [-0.39, 0.29) is 24.5 Å². The van der Waals surface area contributed by atoms with Gasteiger partial charge < -0.3 is 20.1 Å². The Bertz CT molecular complexity index is 1000. The lowest BCUT2D eigenvalue weighted by molar-refractivity contribution is -0.0856. The van der Waals surface area contributed by atoms with Crippen LogP contribution in [0, 0.1) is 0 Å². The maximum atomic E-state index is 14.4. The van der Waals surface area contributed by atoms with Gasteiger partial charge in [0.05, 0.1) is 13.2 Å². The topological polar surface area (TPSA) is 102 Å². The van der Waals surface area contributed by atoms with Crippen molar-refractivity contribution in [1.29, 1.82) is 0 Å². The van der Waals surface area contributed by atoms with Crippen LogP contribution in [0.1, 0.15) is 36.8 Å². The van der Waals surface area contributed by atoms with Crippen molar-refractivity contribution >= 4 is 33.6 Å². The largest absolute Gasteiger partial charge is 0.444 e. The molecule has 0 spiro atoms. The van der Waals surface area contributed by atoms with E-state index >= 15 is 0 Å². The molecule has 0 aliphatic carbocycles. The predicted octanol–water partition coefficient (Wildman–Crippen LogP) is 4.03. The molecule has 3 N–H and O–H groups in total. The van der Waals surface area contributed by atoms with Gasteiger partial charge in [0.1, 0.15) is 23.0 Å². The van der Waals surface area contributed by atoms with E-state index < -0.39 is 35.7 Å². The van der Waals surface area contributed by atoms with Crippen LogP contribution in [0.4, 0.5) is 19.3 Å². The number of morpholine rings is 1. The first kappa shape index (κ1) is 25.0. The van der Waals surface area contributed by atoms with Crippen LogP contribution >= 0.6 is 15.9 Å². The minimum Gasteiger partial charge on any atom is -0.444 e. The van der Waals surface area contributed by atoms with Crippen molar-refractivity contribution in [2.45, 2.75) is 44.5 Å². The lowest BCUT2D eigenvalue weighted by Gasteiger charge is -2.42. The van der Waals surface area contributed by atoms with E-state index in [1.807, 2.05) is 0 Å². The Kier molecular flexibility index (Phi) is 7.65. The van der Waals surface area contributed by atoms with Gasteiger partial charge in [-0.25, -0.2) is 18.6 Å². The third kappa shape index (κ3) is 6.46. The minimum atomic E-state index is -2.88. The first-order chi connectivity index (χ1) is 15.5. The van der Waals surface area contributed by atoms with Gasteiger partial charge in [0, 0.05) is 16.4 Å². The summed E-state index contributed by atoms with van der Waals surface area (Å²) in [5.41, 5.74) is -1.97. The summed E-state index contributed by atoms with van der Waals surface area (Å²) in [6, 6.07) is 9.29. The second kappa shape index (κ2) is 10.1. The van der Waals surface area contributed by atoms with Gasteiger partial charge in [-0.15, -0.1) is 0 Å². The Morgan fingerprint density at radius 3 is 2.70 bits per heavy atom. The number of halogens is 3. The fourth-order valence-corrected chi connectivity index (χ4v) is 3.49. The number of alkyl halides is 2. The van der Waals surface area contributed by atoms with E-state index in [4.69, 9.17) is 9.47 Å². The molecule has 2 atom stereocenters. The zero-order chi connectivity index (χ0) is 24.2. The molecule has 0 bridgehead atoms. The first-order valence-corrected chi connectivity index (χ1v) is 10.9. The Morgan fingerprint density at radius 2 is 2.06 bits per heavy atom. The molecule has 2 aromatic rings. The van der Waals surface area contributed by atoms with E-state index in [9.17, 15) is 18.4 Å². The molecule has 2 unspecified atom stereocenters. The van der Waals surface area contributed by atoms with Crippen LogP contribution in [0.15, 0.2) is 47.1 Å². The number of carbonyl (C=O) groups excluding carboxylic acids is 2. The summed E-state index contributed by atoms with van der Waals surface area (Å²) in [7, 11) is 0. The second-order valence-corrected chi connectivity index (χ2v) is 9.44. The third-order valence-electron chi connectivity index (χ3n) is 4.71. The predicted molar refractivity (Wildman–Crippen MR) is 121 cm³/mol. The summed E-state index contributed by atoms with van der Waals surface area (Å²) < 4.78 is 40.1. The van der Waals surface area contributed by atoms with E-state index in [1.54, 1.807) is 39.0 Å². The van der Waals surface area contributed by atoms with Gasteiger partial charge in [-0.1, -0.05) is 12.1 Å². The summed E-state index contributed by atoms with van der Waals surface area (Å²) in [6.07, 6.45) is -3.05. The van der Waals surface area contributed by atoms with E-state index in [0.717, 1.165) is 4.47 Å². The lowest BCUT2D eigenvalue weighted by atomic mass is 9.89. The smallest absolute Gasteiger partial charge is 0.408 e. The van der Waals surface area contributed by atoms with Crippen molar-refractivity contribution in [1.82, 2.24) is 15.6 Å². The van der Waals surface area contributed by atoms with Gasteiger partial charge in [0.25, 0.3) is 12.3 Å². The molecule has 2 heterocycles. The van der Waals surface area contributed by atoms with Crippen molar-refractivity contribution in [3.63, 3.8) is 0 Å². The van der Waals surface area contributed by atoms with Gasteiger partial charge in [-0.3, -0.25) is 10.1 Å². The number of aromatic nitrogens is 1.